The molecule has 1 aliphatic heterocycles. The summed E-state index contributed by atoms with van der Waals surface area (Å²) in [6, 6.07) is 16.2. The van der Waals surface area contributed by atoms with Crippen LogP contribution in [0.1, 0.15) is 32.8 Å². The van der Waals surface area contributed by atoms with Gasteiger partial charge in [0.25, 0.3) is 5.91 Å². The van der Waals surface area contributed by atoms with Crippen LogP contribution in [-0.2, 0) is 20.8 Å². The Morgan fingerprint density at radius 1 is 1.00 bits per heavy atom. The molecule has 0 fully saturated rings. The van der Waals surface area contributed by atoms with Crippen LogP contribution in [0.4, 0.5) is 11.4 Å². The molecule has 2 N–H and O–H groups in total. The van der Waals surface area contributed by atoms with Gasteiger partial charge in [-0.1, -0.05) is 56.3 Å². The molecular formula is C26H35ClN4O3. The van der Waals surface area contributed by atoms with Gasteiger partial charge in [0.2, 0.25) is 11.8 Å². The summed E-state index contributed by atoms with van der Waals surface area (Å²) in [4.78, 5) is 43.0. The van der Waals surface area contributed by atoms with Crippen LogP contribution in [0.25, 0.3) is 0 Å². The number of likely N-dealkylation sites (N-methyl/N-ethyl adjacent to an activating group) is 1. The lowest BCUT2D eigenvalue weighted by Gasteiger charge is -2.26. The molecule has 0 radical (unpaired) electrons. The van der Waals surface area contributed by atoms with E-state index in [-0.39, 0.29) is 42.6 Å². The molecule has 34 heavy (non-hydrogen) atoms. The number of hydrogen-bond donors (Lipinski definition) is 2. The van der Waals surface area contributed by atoms with Gasteiger partial charge in [0.1, 0.15) is 6.04 Å². The minimum Gasteiger partial charge on any atom is -0.341 e. The molecule has 184 valence electrons. The number of halogens is 1. The predicted molar refractivity (Wildman–Crippen MR) is 138 cm³/mol. The molecule has 0 saturated heterocycles. The highest BCUT2D eigenvalue weighted by molar-refractivity contribution is 6.08. The van der Waals surface area contributed by atoms with Crippen molar-refractivity contribution in [3.05, 3.63) is 60.2 Å². The van der Waals surface area contributed by atoms with Crippen molar-refractivity contribution in [2.24, 2.45) is 5.92 Å². The fraction of sp³-hybridized carbons (Fsp3) is 0.423. The van der Waals surface area contributed by atoms with Crippen molar-refractivity contribution in [1.82, 2.24) is 10.6 Å². The van der Waals surface area contributed by atoms with Crippen LogP contribution in [0.3, 0.4) is 0 Å². The third-order valence-corrected chi connectivity index (χ3v) is 5.89. The number of carbonyl (C=O) groups is 3. The average Bonchev–Trinajstić information content (AvgIpc) is 2.92. The van der Waals surface area contributed by atoms with Gasteiger partial charge in [-0.3, -0.25) is 14.4 Å². The molecule has 2 atom stereocenters. The Morgan fingerprint density at radius 3 is 2.24 bits per heavy atom. The largest absolute Gasteiger partial charge is 0.341 e. The van der Waals surface area contributed by atoms with E-state index in [4.69, 9.17) is 0 Å². The Hall–Kier alpha value is -2.90. The summed E-state index contributed by atoms with van der Waals surface area (Å²) < 4.78 is 0. The van der Waals surface area contributed by atoms with Crippen LogP contribution in [0, 0.1) is 5.92 Å². The fourth-order valence-corrected chi connectivity index (χ4v) is 3.93. The number of benzene rings is 2. The summed E-state index contributed by atoms with van der Waals surface area (Å²) >= 11 is 0. The molecule has 3 rings (SSSR count). The number of fused-ring (bicyclic) bond motifs is 1. The third kappa shape index (κ3) is 6.58. The van der Waals surface area contributed by atoms with E-state index in [2.05, 4.69) is 10.6 Å². The van der Waals surface area contributed by atoms with Gasteiger partial charge in [0, 0.05) is 13.0 Å². The molecule has 1 unspecified atom stereocenters. The second-order valence-electron chi connectivity index (χ2n) is 8.89. The number of carbonyl (C=O) groups excluding carboxylic acids is 3. The van der Waals surface area contributed by atoms with Crippen molar-refractivity contribution in [2.45, 2.75) is 45.7 Å². The van der Waals surface area contributed by atoms with Crippen LogP contribution in [0.5, 0.6) is 0 Å². The van der Waals surface area contributed by atoms with Crippen LogP contribution in [-0.4, -0.2) is 49.9 Å². The molecule has 3 amide bonds. The fourth-order valence-electron chi connectivity index (χ4n) is 3.93. The van der Waals surface area contributed by atoms with Crippen molar-refractivity contribution in [2.75, 3.05) is 29.9 Å². The molecule has 8 heteroatoms. The molecule has 0 aromatic heterocycles. The van der Waals surface area contributed by atoms with Crippen molar-refractivity contribution < 1.29 is 14.4 Å². The molecule has 1 aliphatic rings. The lowest BCUT2D eigenvalue weighted by atomic mass is 10.1. The second-order valence-corrected chi connectivity index (χ2v) is 8.89. The third-order valence-electron chi connectivity index (χ3n) is 5.89. The van der Waals surface area contributed by atoms with E-state index in [0.29, 0.717) is 30.8 Å². The number of amides is 3. The summed E-state index contributed by atoms with van der Waals surface area (Å²) in [6.45, 7) is 6.27. The summed E-state index contributed by atoms with van der Waals surface area (Å²) in [5.41, 5.74) is 2.50. The summed E-state index contributed by atoms with van der Waals surface area (Å²) in [5, 5.41) is 5.78. The maximum absolute atomic E-state index is 13.7. The molecule has 0 aliphatic carbocycles. The highest BCUT2D eigenvalue weighted by Gasteiger charge is 2.37. The maximum Gasteiger partial charge on any atom is 0.251 e. The Balaban J connectivity index is 0.00000408. The summed E-state index contributed by atoms with van der Waals surface area (Å²) in [6.07, 6.45) is 1.02. The number of para-hydroxylation sites is 2. The first kappa shape index (κ1) is 27.3. The van der Waals surface area contributed by atoms with Gasteiger partial charge in [-0.25, -0.2) is 0 Å². The van der Waals surface area contributed by atoms with Crippen LogP contribution >= 0.6 is 12.4 Å². The molecule has 0 spiro atoms. The molecule has 1 heterocycles. The van der Waals surface area contributed by atoms with Gasteiger partial charge in [0.05, 0.1) is 24.0 Å². The first-order valence-corrected chi connectivity index (χ1v) is 11.5. The molecule has 0 saturated carbocycles. The van der Waals surface area contributed by atoms with E-state index in [1.165, 1.54) is 0 Å². The number of hydrogen-bond acceptors (Lipinski definition) is 4. The number of anilines is 2. The van der Waals surface area contributed by atoms with Gasteiger partial charge in [-0.2, -0.15) is 0 Å². The quantitative estimate of drug-likeness (QED) is 0.600. The van der Waals surface area contributed by atoms with Crippen molar-refractivity contribution in [3.8, 4) is 0 Å². The molecule has 7 nitrogen and oxygen atoms in total. The molecular weight excluding hydrogens is 452 g/mol. The van der Waals surface area contributed by atoms with Crippen LogP contribution < -0.4 is 20.4 Å². The van der Waals surface area contributed by atoms with Crippen molar-refractivity contribution >= 4 is 41.5 Å². The maximum atomic E-state index is 13.7. The van der Waals surface area contributed by atoms with E-state index in [1.807, 2.05) is 68.4 Å². The standard InChI is InChI=1S/C26H34N4O3.ClH/c1-18(2)16-24(31)30-17-21(28-25(32)19(3)27-4)26(33)29(22-12-8-9-13-23(22)30)15-14-20-10-6-5-7-11-20;/h5-13,18-19,21,27H,14-17H2,1-4H3,(H,28,32);1H/t19-,21?;/m0./s1. The van der Waals surface area contributed by atoms with E-state index in [1.54, 1.807) is 23.8 Å². The normalized spacial score (nSPS) is 16.4. The van der Waals surface area contributed by atoms with Gasteiger partial charge in [0.15, 0.2) is 0 Å². The van der Waals surface area contributed by atoms with Gasteiger partial charge in [-0.15, -0.1) is 12.4 Å². The minimum atomic E-state index is -0.840. The SMILES string of the molecule is CN[C@@H](C)C(=O)NC1CN(C(=O)CC(C)C)c2ccccc2N(CCc2ccccc2)C1=O.Cl. The smallest absolute Gasteiger partial charge is 0.251 e. The lowest BCUT2D eigenvalue weighted by molar-refractivity contribution is -0.128. The van der Waals surface area contributed by atoms with E-state index < -0.39 is 12.1 Å². The predicted octanol–water partition coefficient (Wildman–Crippen LogP) is 3.17. The monoisotopic (exact) mass is 486 g/mol. The molecule has 2 aromatic carbocycles. The highest BCUT2D eigenvalue weighted by atomic mass is 35.5. The van der Waals surface area contributed by atoms with Crippen LogP contribution in [0.15, 0.2) is 54.6 Å². The van der Waals surface area contributed by atoms with Gasteiger partial charge >= 0.3 is 0 Å². The Morgan fingerprint density at radius 2 is 1.62 bits per heavy atom. The Bertz CT molecular complexity index is 983. The zero-order chi connectivity index (χ0) is 24.0. The lowest BCUT2D eigenvalue weighted by Crippen LogP contribution is -2.56. The topological polar surface area (TPSA) is 81.8 Å². The Labute approximate surface area is 208 Å². The van der Waals surface area contributed by atoms with Crippen LogP contribution in [0.2, 0.25) is 0 Å². The summed E-state index contributed by atoms with van der Waals surface area (Å²) in [5.74, 6) is -0.373. The number of nitrogens with zero attached hydrogens (tertiary/aromatic N) is 2. The van der Waals surface area contributed by atoms with E-state index in [9.17, 15) is 14.4 Å². The second kappa shape index (κ2) is 12.5. The molecule has 2 aromatic rings. The number of rotatable bonds is 8. The number of nitrogens with one attached hydrogen (secondary N) is 2. The van der Waals surface area contributed by atoms with Gasteiger partial charge < -0.3 is 20.4 Å². The van der Waals surface area contributed by atoms with E-state index in [0.717, 1.165) is 5.56 Å². The first-order valence-electron chi connectivity index (χ1n) is 11.5. The summed E-state index contributed by atoms with van der Waals surface area (Å²) in [7, 11) is 1.69. The zero-order valence-electron chi connectivity index (χ0n) is 20.3. The van der Waals surface area contributed by atoms with Crippen molar-refractivity contribution in [3.63, 3.8) is 0 Å². The molecule has 0 bridgehead atoms. The van der Waals surface area contributed by atoms with E-state index >= 15 is 0 Å². The van der Waals surface area contributed by atoms with Gasteiger partial charge in [-0.05, 0) is 44.0 Å². The minimum absolute atomic E-state index is 0. The first-order chi connectivity index (χ1) is 15.8. The zero-order valence-corrected chi connectivity index (χ0v) is 21.1. The van der Waals surface area contributed by atoms with Crippen molar-refractivity contribution in [1.29, 1.82) is 0 Å². The average molecular weight is 487 g/mol. The highest BCUT2D eigenvalue weighted by Crippen LogP contribution is 2.33. The Kier molecular flexibility index (Phi) is 10.1.